The topological polar surface area (TPSA) is 78.5 Å². The number of likely N-dealkylation sites (tertiary alicyclic amines) is 1. The number of amides is 1. The Morgan fingerprint density at radius 2 is 2.12 bits per heavy atom. The van der Waals surface area contributed by atoms with Crippen molar-refractivity contribution < 1.29 is 13.9 Å². The second-order valence-electron chi connectivity index (χ2n) is 6.48. The first-order chi connectivity index (χ1) is 12.7. The van der Waals surface area contributed by atoms with Crippen molar-refractivity contribution in [2.45, 2.75) is 25.8 Å². The first kappa shape index (κ1) is 18.0. The van der Waals surface area contributed by atoms with E-state index < -0.39 is 0 Å². The smallest absolute Gasteiger partial charge is 0.287 e. The molecule has 3 rings (SSSR count). The number of furan rings is 1. The number of aryl methyl sites for hydroxylation is 1. The fraction of sp³-hybridized carbons (Fsp3) is 0.400. The van der Waals surface area contributed by atoms with E-state index in [1.807, 2.05) is 25.1 Å². The van der Waals surface area contributed by atoms with Gasteiger partial charge in [0.1, 0.15) is 18.4 Å². The summed E-state index contributed by atoms with van der Waals surface area (Å²) in [6.07, 6.45) is 3.35. The van der Waals surface area contributed by atoms with Crippen LogP contribution in [-0.4, -0.2) is 43.1 Å². The van der Waals surface area contributed by atoms with Crippen molar-refractivity contribution in [2.75, 3.05) is 26.2 Å². The number of para-hydroxylation sites is 1. The summed E-state index contributed by atoms with van der Waals surface area (Å²) in [5, 5.41) is 12.1. The normalized spacial score (nSPS) is 15.4. The van der Waals surface area contributed by atoms with Gasteiger partial charge in [-0.3, -0.25) is 9.69 Å². The lowest BCUT2D eigenvalue weighted by molar-refractivity contribution is 0.0877. The average molecular weight is 353 g/mol. The molecule has 0 aliphatic carbocycles. The third kappa shape index (κ3) is 4.44. The Kier molecular flexibility index (Phi) is 5.92. The van der Waals surface area contributed by atoms with Crippen LogP contribution in [0, 0.1) is 18.3 Å². The number of carbonyl (C=O) groups is 1. The molecule has 1 aromatic heterocycles. The number of benzene rings is 1. The van der Waals surface area contributed by atoms with Crippen LogP contribution in [0.4, 0.5) is 0 Å². The van der Waals surface area contributed by atoms with Crippen molar-refractivity contribution in [2.24, 2.45) is 0 Å². The first-order valence-electron chi connectivity index (χ1n) is 8.86. The monoisotopic (exact) mass is 353 g/mol. The first-order valence-corrected chi connectivity index (χ1v) is 8.86. The Balaban J connectivity index is 1.39. The van der Waals surface area contributed by atoms with Crippen LogP contribution in [0.2, 0.25) is 0 Å². The third-order valence-electron chi connectivity index (χ3n) is 4.66. The number of nitriles is 1. The van der Waals surface area contributed by atoms with Gasteiger partial charge < -0.3 is 14.5 Å². The predicted octanol–water partition coefficient (Wildman–Crippen LogP) is 2.73. The minimum Gasteiger partial charge on any atom is -0.491 e. The number of nitrogens with one attached hydrogen (secondary N) is 1. The maximum absolute atomic E-state index is 12.2. The van der Waals surface area contributed by atoms with Gasteiger partial charge in [-0.1, -0.05) is 12.1 Å². The van der Waals surface area contributed by atoms with E-state index in [1.54, 1.807) is 12.1 Å². The molecule has 0 atom stereocenters. The SMILES string of the molecule is Cc1ccoc1C(=O)NC1CCN(CCOc2ccccc2C#N)CC1. The number of ether oxygens (including phenoxy) is 1. The minimum atomic E-state index is -0.137. The minimum absolute atomic E-state index is 0.137. The zero-order valence-corrected chi connectivity index (χ0v) is 14.9. The molecule has 0 saturated carbocycles. The zero-order valence-electron chi connectivity index (χ0n) is 14.9. The molecule has 2 heterocycles. The van der Waals surface area contributed by atoms with E-state index in [1.165, 1.54) is 6.26 Å². The van der Waals surface area contributed by atoms with Gasteiger partial charge >= 0.3 is 0 Å². The standard InChI is InChI=1S/C20H23N3O3/c1-15-8-12-26-19(15)20(24)22-17-6-9-23(10-7-17)11-13-25-18-5-3-2-4-16(18)14-21/h2-5,8,12,17H,6-7,9-11,13H2,1H3,(H,22,24). The lowest BCUT2D eigenvalue weighted by atomic mass is 10.0. The summed E-state index contributed by atoms with van der Waals surface area (Å²) < 4.78 is 11.0. The van der Waals surface area contributed by atoms with Crippen LogP contribution in [0.25, 0.3) is 0 Å². The summed E-state index contributed by atoms with van der Waals surface area (Å²) in [4.78, 5) is 14.5. The number of nitrogens with zero attached hydrogens (tertiary/aromatic N) is 2. The second kappa shape index (κ2) is 8.54. The molecule has 0 bridgehead atoms. The molecule has 2 aromatic rings. The Morgan fingerprint density at radius 1 is 1.35 bits per heavy atom. The van der Waals surface area contributed by atoms with Gasteiger partial charge in [0.2, 0.25) is 0 Å². The van der Waals surface area contributed by atoms with Crippen LogP contribution in [0.3, 0.4) is 0 Å². The third-order valence-corrected chi connectivity index (χ3v) is 4.66. The van der Waals surface area contributed by atoms with Gasteiger partial charge in [0.25, 0.3) is 5.91 Å². The molecule has 136 valence electrons. The fourth-order valence-electron chi connectivity index (χ4n) is 3.13. The highest BCUT2D eigenvalue weighted by molar-refractivity contribution is 5.92. The molecule has 0 radical (unpaired) electrons. The largest absolute Gasteiger partial charge is 0.491 e. The van der Waals surface area contributed by atoms with Crippen molar-refractivity contribution in [1.29, 1.82) is 5.26 Å². The van der Waals surface area contributed by atoms with Gasteiger partial charge in [0, 0.05) is 31.2 Å². The highest BCUT2D eigenvalue weighted by atomic mass is 16.5. The van der Waals surface area contributed by atoms with Crippen molar-refractivity contribution >= 4 is 5.91 Å². The molecule has 6 nitrogen and oxygen atoms in total. The van der Waals surface area contributed by atoms with Crippen molar-refractivity contribution in [3.05, 3.63) is 53.5 Å². The predicted molar refractivity (Wildman–Crippen MR) is 97.0 cm³/mol. The van der Waals surface area contributed by atoms with Crippen LogP contribution in [0.1, 0.15) is 34.5 Å². The average Bonchev–Trinajstić information content (AvgIpc) is 3.09. The maximum atomic E-state index is 12.2. The number of piperidine rings is 1. The molecule has 1 saturated heterocycles. The summed E-state index contributed by atoms with van der Waals surface area (Å²) in [5.74, 6) is 0.894. The van der Waals surface area contributed by atoms with Crippen LogP contribution in [0.5, 0.6) is 5.75 Å². The molecule has 1 amide bonds. The van der Waals surface area contributed by atoms with Gasteiger partial charge in [-0.15, -0.1) is 0 Å². The molecule has 0 unspecified atom stereocenters. The van der Waals surface area contributed by atoms with Crippen molar-refractivity contribution in [1.82, 2.24) is 10.2 Å². The quantitative estimate of drug-likeness (QED) is 0.864. The number of carbonyl (C=O) groups excluding carboxylic acids is 1. The van der Waals surface area contributed by atoms with Crippen molar-refractivity contribution in [3.63, 3.8) is 0 Å². The molecular weight excluding hydrogens is 330 g/mol. The Bertz CT molecular complexity index is 786. The second-order valence-corrected chi connectivity index (χ2v) is 6.48. The number of hydrogen-bond donors (Lipinski definition) is 1. The van der Waals surface area contributed by atoms with Gasteiger partial charge in [0.15, 0.2) is 5.76 Å². The Labute approximate surface area is 153 Å². The highest BCUT2D eigenvalue weighted by Crippen LogP contribution is 2.17. The van der Waals surface area contributed by atoms with E-state index in [9.17, 15) is 4.79 Å². The van der Waals surface area contributed by atoms with E-state index in [0.717, 1.165) is 38.0 Å². The van der Waals surface area contributed by atoms with E-state index in [-0.39, 0.29) is 11.9 Å². The molecule has 1 N–H and O–H groups in total. The molecule has 1 fully saturated rings. The van der Waals surface area contributed by atoms with Crippen LogP contribution in [-0.2, 0) is 0 Å². The summed E-state index contributed by atoms with van der Waals surface area (Å²) in [5.41, 5.74) is 1.41. The Hall–Kier alpha value is -2.78. The summed E-state index contributed by atoms with van der Waals surface area (Å²) in [6.45, 7) is 5.03. The maximum Gasteiger partial charge on any atom is 0.287 e. The zero-order chi connectivity index (χ0) is 18.4. The van der Waals surface area contributed by atoms with Gasteiger partial charge in [-0.2, -0.15) is 5.26 Å². The van der Waals surface area contributed by atoms with E-state index in [0.29, 0.717) is 23.7 Å². The van der Waals surface area contributed by atoms with Crippen molar-refractivity contribution in [3.8, 4) is 11.8 Å². The van der Waals surface area contributed by atoms with E-state index >= 15 is 0 Å². The van der Waals surface area contributed by atoms with Gasteiger partial charge in [0.05, 0.1) is 11.8 Å². The fourth-order valence-corrected chi connectivity index (χ4v) is 3.13. The van der Waals surface area contributed by atoms with Crippen LogP contribution >= 0.6 is 0 Å². The molecule has 1 aliphatic rings. The van der Waals surface area contributed by atoms with Gasteiger partial charge in [-0.05, 0) is 38.0 Å². The molecular formula is C20H23N3O3. The highest BCUT2D eigenvalue weighted by Gasteiger charge is 2.22. The van der Waals surface area contributed by atoms with Crippen LogP contribution < -0.4 is 10.1 Å². The molecule has 1 aromatic carbocycles. The summed E-state index contributed by atoms with van der Waals surface area (Å²) >= 11 is 0. The van der Waals surface area contributed by atoms with Gasteiger partial charge in [-0.25, -0.2) is 0 Å². The number of hydrogen-bond acceptors (Lipinski definition) is 5. The lowest BCUT2D eigenvalue weighted by Gasteiger charge is -2.32. The molecule has 26 heavy (non-hydrogen) atoms. The molecule has 6 heteroatoms. The van der Waals surface area contributed by atoms with E-state index in [2.05, 4.69) is 16.3 Å². The number of rotatable bonds is 6. The summed E-state index contributed by atoms with van der Waals surface area (Å²) in [6, 6.07) is 11.4. The molecule has 0 spiro atoms. The Morgan fingerprint density at radius 3 is 2.81 bits per heavy atom. The lowest BCUT2D eigenvalue weighted by Crippen LogP contribution is -2.45. The van der Waals surface area contributed by atoms with E-state index in [4.69, 9.17) is 14.4 Å². The molecule has 1 aliphatic heterocycles. The summed E-state index contributed by atoms with van der Waals surface area (Å²) in [7, 11) is 0. The van der Waals surface area contributed by atoms with Crippen LogP contribution in [0.15, 0.2) is 41.0 Å².